The van der Waals surface area contributed by atoms with Crippen molar-refractivity contribution >= 4 is 23.6 Å². The molecule has 186 valence electrons. The molecular weight excluding hydrogens is 442 g/mol. The Bertz CT molecular complexity index is 1040. The molecule has 1 aliphatic carbocycles. The smallest absolute Gasteiger partial charge is 0.267 e. The summed E-state index contributed by atoms with van der Waals surface area (Å²) in [6.07, 6.45) is 8.54. The van der Waals surface area contributed by atoms with Gasteiger partial charge < -0.3 is 15.0 Å². The van der Waals surface area contributed by atoms with Crippen LogP contribution in [0.25, 0.3) is 6.08 Å². The summed E-state index contributed by atoms with van der Waals surface area (Å²) in [6, 6.07) is 13.8. The molecule has 2 aliphatic rings. The number of nitrogens with one attached hydrogen (secondary N) is 2. The van der Waals surface area contributed by atoms with Crippen molar-refractivity contribution in [2.75, 3.05) is 25.1 Å². The predicted molar refractivity (Wildman–Crippen MR) is 137 cm³/mol. The highest BCUT2D eigenvalue weighted by molar-refractivity contribution is 5.95. The van der Waals surface area contributed by atoms with E-state index in [2.05, 4.69) is 35.7 Å². The molecule has 35 heavy (non-hydrogen) atoms. The van der Waals surface area contributed by atoms with E-state index in [4.69, 9.17) is 9.57 Å². The van der Waals surface area contributed by atoms with E-state index in [1.54, 1.807) is 6.08 Å². The lowest BCUT2D eigenvalue weighted by Crippen LogP contribution is -2.32. The van der Waals surface area contributed by atoms with E-state index in [0.29, 0.717) is 12.2 Å². The molecule has 2 unspecified atom stereocenters. The molecule has 1 fully saturated rings. The van der Waals surface area contributed by atoms with Gasteiger partial charge >= 0.3 is 0 Å². The van der Waals surface area contributed by atoms with Crippen molar-refractivity contribution in [3.63, 3.8) is 0 Å². The Hall–Kier alpha value is -3.16. The van der Waals surface area contributed by atoms with Crippen LogP contribution in [0.15, 0.2) is 48.5 Å². The number of nitrogens with zero attached hydrogens (tertiary/aromatic N) is 1. The van der Waals surface area contributed by atoms with Crippen LogP contribution in [0.5, 0.6) is 0 Å². The largest absolute Gasteiger partial charge is 0.375 e. The molecule has 0 radical (unpaired) electrons. The van der Waals surface area contributed by atoms with Gasteiger partial charge in [-0.15, -0.1) is 0 Å². The first kappa shape index (κ1) is 24.9. The topological polar surface area (TPSA) is 79.9 Å². The first-order valence-corrected chi connectivity index (χ1v) is 12.5. The number of aryl methyl sites for hydroxylation is 1. The average Bonchev–Trinajstić information content (AvgIpc) is 3.28. The maximum absolute atomic E-state index is 12.8. The Kier molecular flexibility index (Phi) is 8.55. The van der Waals surface area contributed by atoms with Crippen LogP contribution in [0.3, 0.4) is 0 Å². The predicted octanol–water partition coefficient (Wildman–Crippen LogP) is 4.54. The van der Waals surface area contributed by atoms with Crippen molar-refractivity contribution in [2.24, 2.45) is 0 Å². The molecule has 0 bridgehead atoms. The van der Waals surface area contributed by atoms with Crippen LogP contribution in [-0.4, -0.2) is 38.3 Å². The van der Waals surface area contributed by atoms with Crippen LogP contribution in [-0.2, 0) is 20.8 Å². The number of rotatable bonds is 9. The van der Waals surface area contributed by atoms with Crippen molar-refractivity contribution in [1.82, 2.24) is 10.8 Å². The molecule has 0 saturated carbocycles. The molecule has 1 saturated heterocycles. The summed E-state index contributed by atoms with van der Waals surface area (Å²) in [6.45, 7) is 3.79. The highest BCUT2D eigenvalue weighted by Gasteiger charge is 2.24. The second kappa shape index (κ2) is 12.0. The van der Waals surface area contributed by atoms with E-state index in [1.807, 2.05) is 36.4 Å². The number of fused-ring (bicyclic) bond motifs is 1. The Balaban J connectivity index is 1.30. The van der Waals surface area contributed by atoms with E-state index < -0.39 is 0 Å². The van der Waals surface area contributed by atoms with Gasteiger partial charge in [0.1, 0.15) is 0 Å². The van der Waals surface area contributed by atoms with E-state index in [-0.39, 0.29) is 24.1 Å². The van der Waals surface area contributed by atoms with Crippen LogP contribution in [0.4, 0.5) is 5.69 Å². The fraction of sp³-hybridized carbons (Fsp3) is 0.429. The van der Waals surface area contributed by atoms with E-state index in [1.165, 1.54) is 11.6 Å². The van der Waals surface area contributed by atoms with Gasteiger partial charge in [0.25, 0.3) is 11.8 Å². The molecule has 4 rings (SSSR count). The van der Waals surface area contributed by atoms with Crippen LogP contribution in [0.1, 0.15) is 72.1 Å². The third-order valence-corrected chi connectivity index (χ3v) is 6.54. The summed E-state index contributed by atoms with van der Waals surface area (Å²) in [5, 5.41) is 3.18. The van der Waals surface area contributed by atoms with Crippen LogP contribution in [0.2, 0.25) is 0 Å². The minimum absolute atomic E-state index is 0.00911. The molecule has 7 nitrogen and oxygen atoms in total. The van der Waals surface area contributed by atoms with Gasteiger partial charge in [-0.25, -0.2) is 10.3 Å². The van der Waals surface area contributed by atoms with Crippen molar-refractivity contribution in [1.29, 1.82) is 0 Å². The average molecular weight is 478 g/mol. The highest BCUT2D eigenvalue weighted by atomic mass is 16.8. The normalized spacial score (nSPS) is 19.4. The summed E-state index contributed by atoms with van der Waals surface area (Å²) < 4.78 is 5.44. The monoisotopic (exact) mass is 477 g/mol. The third-order valence-electron chi connectivity index (χ3n) is 6.54. The fourth-order valence-electron chi connectivity index (χ4n) is 4.60. The standard InChI is InChI=1S/C28H35N3O4/c1-3-17-31(2)23-12-9-21(10-13-23)28(33)29-25-15-11-22-19-20(7-14-24(22)25)8-16-26(32)30-35-27-6-4-5-18-34-27/h7-10,12-14,16,19,25,27H,3-6,11,15,17-18H2,1-2H3,(H,29,33)(H,30,32)/b16-8+. The van der Waals surface area contributed by atoms with Crippen molar-refractivity contribution in [2.45, 2.75) is 57.8 Å². The minimum atomic E-state index is -0.367. The number of hydrogen-bond donors (Lipinski definition) is 2. The van der Waals surface area contributed by atoms with Crippen LogP contribution >= 0.6 is 0 Å². The quantitative estimate of drug-likeness (QED) is 0.410. The SMILES string of the molecule is CCCN(C)c1ccc(C(=O)NC2CCc3cc(/C=C/C(=O)NOC4CCCCO4)ccc32)cc1. The second-order valence-corrected chi connectivity index (χ2v) is 9.21. The summed E-state index contributed by atoms with van der Waals surface area (Å²) in [5.41, 5.74) is 7.48. The number of carbonyl (C=O) groups excluding carboxylic acids is 2. The fourth-order valence-corrected chi connectivity index (χ4v) is 4.60. The lowest BCUT2D eigenvalue weighted by Gasteiger charge is -2.21. The third kappa shape index (κ3) is 6.71. The van der Waals surface area contributed by atoms with Gasteiger partial charge in [0.05, 0.1) is 6.04 Å². The van der Waals surface area contributed by atoms with Gasteiger partial charge in [0.2, 0.25) is 0 Å². The number of hydroxylamine groups is 1. The van der Waals surface area contributed by atoms with Crippen molar-refractivity contribution in [3.8, 4) is 0 Å². The molecule has 0 aromatic heterocycles. The second-order valence-electron chi connectivity index (χ2n) is 9.21. The number of anilines is 1. The number of amides is 2. The van der Waals surface area contributed by atoms with Gasteiger partial charge in [-0.3, -0.25) is 9.59 Å². The molecule has 2 N–H and O–H groups in total. The summed E-state index contributed by atoms with van der Waals surface area (Å²) in [4.78, 5) is 32.4. The lowest BCUT2D eigenvalue weighted by molar-refractivity contribution is -0.198. The minimum Gasteiger partial charge on any atom is -0.375 e. The van der Waals surface area contributed by atoms with Crippen LogP contribution < -0.4 is 15.7 Å². The summed E-state index contributed by atoms with van der Waals surface area (Å²) in [7, 11) is 2.06. The Morgan fingerprint density at radius 3 is 2.71 bits per heavy atom. The lowest BCUT2D eigenvalue weighted by atomic mass is 10.0. The molecule has 7 heteroatoms. The zero-order valence-electron chi connectivity index (χ0n) is 20.6. The molecule has 1 aliphatic heterocycles. The Morgan fingerprint density at radius 1 is 1.14 bits per heavy atom. The molecule has 2 aromatic carbocycles. The molecular formula is C28H35N3O4. The molecule has 2 amide bonds. The first-order chi connectivity index (χ1) is 17.0. The van der Waals surface area contributed by atoms with E-state index in [0.717, 1.165) is 61.9 Å². The molecule has 1 heterocycles. The van der Waals surface area contributed by atoms with Crippen LogP contribution in [0, 0.1) is 0 Å². The van der Waals surface area contributed by atoms with Gasteiger partial charge in [-0.2, -0.15) is 0 Å². The first-order valence-electron chi connectivity index (χ1n) is 12.5. The highest BCUT2D eigenvalue weighted by Crippen LogP contribution is 2.32. The van der Waals surface area contributed by atoms with E-state index in [9.17, 15) is 9.59 Å². The zero-order chi connectivity index (χ0) is 24.6. The summed E-state index contributed by atoms with van der Waals surface area (Å²) >= 11 is 0. The maximum Gasteiger partial charge on any atom is 0.267 e. The van der Waals surface area contributed by atoms with Gasteiger partial charge in [0, 0.05) is 43.9 Å². The Morgan fingerprint density at radius 2 is 1.97 bits per heavy atom. The number of ether oxygens (including phenoxy) is 1. The van der Waals surface area contributed by atoms with E-state index >= 15 is 0 Å². The van der Waals surface area contributed by atoms with Gasteiger partial charge in [0.15, 0.2) is 6.29 Å². The molecule has 2 aromatic rings. The zero-order valence-corrected chi connectivity index (χ0v) is 20.6. The number of carbonyl (C=O) groups is 2. The maximum atomic E-state index is 12.8. The van der Waals surface area contributed by atoms with Crippen molar-refractivity contribution in [3.05, 3.63) is 70.8 Å². The van der Waals surface area contributed by atoms with Gasteiger partial charge in [-0.05, 0) is 79.1 Å². The Labute approximate surface area is 207 Å². The number of benzene rings is 2. The molecule has 2 atom stereocenters. The summed E-state index contributed by atoms with van der Waals surface area (Å²) in [5.74, 6) is -0.383. The number of hydrogen-bond acceptors (Lipinski definition) is 5. The van der Waals surface area contributed by atoms with Crippen molar-refractivity contribution < 1.29 is 19.2 Å². The molecule has 0 spiro atoms. The van der Waals surface area contributed by atoms with Gasteiger partial charge in [-0.1, -0.05) is 25.1 Å².